The molecule has 0 saturated carbocycles. The molecule has 2 aromatic carbocycles. The molecule has 1 aliphatic carbocycles. The summed E-state index contributed by atoms with van der Waals surface area (Å²) in [5.41, 5.74) is 5.58. The van der Waals surface area contributed by atoms with Gasteiger partial charge in [-0.1, -0.05) is 42.0 Å². The van der Waals surface area contributed by atoms with Crippen molar-refractivity contribution < 1.29 is 9.90 Å². The Labute approximate surface area is 142 Å². The zero-order valence-electron chi connectivity index (χ0n) is 14.4. The Bertz CT molecular complexity index is 762. The smallest absolute Gasteiger partial charge is 0.320 e. The first-order valence-corrected chi connectivity index (χ1v) is 8.31. The van der Waals surface area contributed by atoms with Crippen LogP contribution >= 0.6 is 0 Å². The van der Waals surface area contributed by atoms with Crippen molar-refractivity contribution in [3.63, 3.8) is 0 Å². The third kappa shape index (κ3) is 2.89. The van der Waals surface area contributed by atoms with Gasteiger partial charge in [-0.2, -0.15) is 0 Å². The highest BCUT2D eigenvalue weighted by Gasteiger charge is 2.39. The third-order valence-electron chi connectivity index (χ3n) is 4.89. The summed E-state index contributed by atoms with van der Waals surface area (Å²) in [5.74, 6) is 0. The molecule has 24 heavy (non-hydrogen) atoms. The van der Waals surface area contributed by atoms with Crippen LogP contribution in [0.4, 0.5) is 10.5 Å². The van der Waals surface area contributed by atoms with Crippen LogP contribution in [0.1, 0.15) is 34.2 Å². The van der Waals surface area contributed by atoms with Gasteiger partial charge < -0.3 is 15.7 Å². The van der Waals surface area contributed by atoms with Gasteiger partial charge in [0, 0.05) is 5.69 Å². The molecule has 1 aliphatic rings. The first-order chi connectivity index (χ1) is 11.4. The largest absolute Gasteiger partial charge is 0.394 e. The Morgan fingerprint density at radius 3 is 2.50 bits per heavy atom. The van der Waals surface area contributed by atoms with Crippen LogP contribution in [0, 0.1) is 20.8 Å². The standard InChI is InChI=1S/C20H24N2O2/c1-13-10-14(2)18(15(3)11-13)21-19(24)22-20(12-23)9-8-16-6-4-5-7-17(16)20/h4-7,10-11,23H,8-9,12H2,1-3H3,(H2,21,22,24). The predicted molar refractivity (Wildman–Crippen MR) is 96.3 cm³/mol. The second-order valence-electron chi connectivity index (χ2n) is 6.75. The van der Waals surface area contributed by atoms with Crippen molar-refractivity contribution in [3.05, 3.63) is 64.2 Å². The van der Waals surface area contributed by atoms with E-state index in [0.29, 0.717) is 6.42 Å². The fourth-order valence-corrected chi connectivity index (χ4v) is 3.76. The van der Waals surface area contributed by atoms with Gasteiger partial charge >= 0.3 is 6.03 Å². The van der Waals surface area contributed by atoms with E-state index in [9.17, 15) is 9.90 Å². The molecule has 0 saturated heterocycles. The van der Waals surface area contributed by atoms with Gasteiger partial charge in [0.2, 0.25) is 0 Å². The number of hydrogen-bond donors (Lipinski definition) is 3. The first kappa shape index (κ1) is 16.5. The first-order valence-electron chi connectivity index (χ1n) is 8.31. The lowest BCUT2D eigenvalue weighted by Gasteiger charge is -2.30. The Kier molecular flexibility index (Phi) is 4.33. The summed E-state index contributed by atoms with van der Waals surface area (Å²) >= 11 is 0. The number of anilines is 1. The van der Waals surface area contributed by atoms with Crippen LogP contribution in [0.25, 0.3) is 0 Å². The lowest BCUT2D eigenvalue weighted by atomic mass is 9.93. The average molecular weight is 324 g/mol. The van der Waals surface area contributed by atoms with Crippen LogP contribution in [0.5, 0.6) is 0 Å². The molecular weight excluding hydrogens is 300 g/mol. The van der Waals surface area contributed by atoms with Gasteiger partial charge in [-0.15, -0.1) is 0 Å². The van der Waals surface area contributed by atoms with Crippen molar-refractivity contribution >= 4 is 11.7 Å². The van der Waals surface area contributed by atoms with E-state index in [1.54, 1.807) is 0 Å². The third-order valence-corrected chi connectivity index (χ3v) is 4.89. The van der Waals surface area contributed by atoms with Crippen LogP contribution in [-0.2, 0) is 12.0 Å². The topological polar surface area (TPSA) is 61.4 Å². The molecule has 0 radical (unpaired) electrons. The minimum Gasteiger partial charge on any atom is -0.394 e. The van der Waals surface area contributed by atoms with E-state index >= 15 is 0 Å². The molecule has 126 valence electrons. The molecule has 0 bridgehead atoms. The van der Waals surface area contributed by atoms with Crippen molar-refractivity contribution in [3.8, 4) is 0 Å². The zero-order valence-corrected chi connectivity index (χ0v) is 14.4. The normalized spacial score (nSPS) is 19.0. The number of rotatable bonds is 3. The molecule has 3 rings (SSSR count). The lowest BCUT2D eigenvalue weighted by Crippen LogP contribution is -2.49. The number of carbonyl (C=O) groups is 1. The van der Waals surface area contributed by atoms with Crippen LogP contribution in [0.15, 0.2) is 36.4 Å². The second-order valence-corrected chi connectivity index (χ2v) is 6.75. The SMILES string of the molecule is Cc1cc(C)c(NC(=O)NC2(CO)CCc3ccccc32)c(C)c1. The van der Waals surface area contributed by atoms with Crippen molar-refractivity contribution in [1.29, 1.82) is 0 Å². The van der Waals surface area contributed by atoms with Gasteiger partial charge in [0.05, 0.1) is 12.1 Å². The molecule has 3 N–H and O–H groups in total. The molecule has 1 atom stereocenters. The number of benzene rings is 2. The van der Waals surface area contributed by atoms with Gasteiger partial charge in [0.1, 0.15) is 0 Å². The Hall–Kier alpha value is -2.33. The highest BCUT2D eigenvalue weighted by Crippen LogP contribution is 2.36. The number of hydrogen-bond acceptors (Lipinski definition) is 2. The van der Waals surface area contributed by atoms with Crippen LogP contribution < -0.4 is 10.6 Å². The minimum absolute atomic E-state index is 0.108. The van der Waals surface area contributed by atoms with E-state index in [2.05, 4.69) is 28.8 Å². The maximum absolute atomic E-state index is 12.6. The number of fused-ring (bicyclic) bond motifs is 1. The summed E-state index contributed by atoms with van der Waals surface area (Å²) in [6, 6.07) is 11.8. The van der Waals surface area contributed by atoms with Crippen molar-refractivity contribution in [2.75, 3.05) is 11.9 Å². The summed E-state index contributed by atoms with van der Waals surface area (Å²) in [7, 11) is 0. The highest BCUT2D eigenvalue weighted by molar-refractivity contribution is 5.91. The van der Waals surface area contributed by atoms with E-state index in [4.69, 9.17) is 0 Å². The van der Waals surface area contributed by atoms with Gasteiger partial charge in [0.15, 0.2) is 0 Å². The quantitative estimate of drug-likeness (QED) is 0.808. The molecule has 4 nitrogen and oxygen atoms in total. The fraction of sp³-hybridized carbons (Fsp3) is 0.350. The van der Waals surface area contributed by atoms with Crippen LogP contribution in [0.3, 0.4) is 0 Å². The summed E-state index contributed by atoms with van der Waals surface area (Å²) in [4.78, 5) is 12.6. The summed E-state index contributed by atoms with van der Waals surface area (Å²) in [6.45, 7) is 5.91. The second kappa shape index (κ2) is 6.29. The number of aryl methyl sites for hydroxylation is 4. The van der Waals surface area contributed by atoms with Crippen molar-refractivity contribution in [2.45, 2.75) is 39.2 Å². The van der Waals surface area contributed by atoms with Crippen LogP contribution in [-0.4, -0.2) is 17.7 Å². The molecule has 0 aliphatic heterocycles. The molecule has 0 fully saturated rings. The molecule has 4 heteroatoms. The lowest BCUT2D eigenvalue weighted by molar-refractivity contribution is 0.164. The fourth-order valence-electron chi connectivity index (χ4n) is 3.76. The van der Waals surface area contributed by atoms with Crippen molar-refractivity contribution in [1.82, 2.24) is 5.32 Å². The molecule has 0 heterocycles. The maximum atomic E-state index is 12.6. The number of urea groups is 1. The summed E-state index contributed by atoms with van der Waals surface area (Å²) < 4.78 is 0. The van der Waals surface area contributed by atoms with E-state index in [1.165, 1.54) is 11.1 Å². The highest BCUT2D eigenvalue weighted by atomic mass is 16.3. The van der Waals surface area contributed by atoms with Gasteiger partial charge in [-0.25, -0.2) is 4.79 Å². The van der Waals surface area contributed by atoms with E-state index in [-0.39, 0.29) is 12.6 Å². The summed E-state index contributed by atoms with van der Waals surface area (Å²) in [5, 5.41) is 16.0. The number of nitrogens with one attached hydrogen (secondary N) is 2. The van der Waals surface area contributed by atoms with Crippen molar-refractivity contribution in [2.24, 2.45) is 0 Å². The predicted octanol–water partition coefficient (Wildman–Crippen LogP) is 3.57. The number of aliphatic hydroxyl groups excluding tert-OH is 1. The maximum Gasteiger partial charge on any atom is 0.320 e. The average Bonchev–Trinajstić information content (AvgIpc) is 2.90. The van der Waals surface area contributed by atoms with Gasteiger partial charge in [-0.05, 0) is 55.9 Å². The zero-order chi connectivity index (χ0) is 17.3. The number of amides is 2. The van der Waals surface area contributed by atoms with E-state index in [0.717, 1.165) is 28.8 Å². The Morgan fingerprint density at radius 2 is 1.83 bits per heavy atom. The monoisotopic (exact) mass is 324 g/mol. The minimum atomic E-state index is -0.701. The Balaban J connectivity index is 1.83. The molecule has 0 aromatic heterocycles. The number of aliphatic hydroxyl groups is 1. The molecule has 2 aromatic rings. The molecule has 2 amide bonds. The molecular formula is C20H24N2O2. The van der Waals surface area contributed by atoms with Gasteiger partial charge in [-0.3, -0.25) is 0 Å². The summed E-state index contributed by atoms with van der Waals surface area (Å²) in [6.07, 6.45) is 1.57. The number of carbonyl (C=O) groups excluding carboxylic acids is 1. The van der Waals surface area contributed by atoms with Gasteiger partial charge in [0.25, 0.3) is 0 Å². The molecule has 1 unspecified atom stereocenters. The molecule has 0 spiro atoms. The van der Waals surface area contributed by atoms with E-state index in [1.807, 2.05) is 39.0 Å². The van der Waals surface area contributed by atoms with Crippen LogP contribution in [0.2, 0.25) is 0 Å². The van der Waals surface area contributed by atoms with E-state index < -0.39 is 5.54 Å². The Morgan fingerprint density at radius 1 is 1.17 bits per heavy atom.